The summed E-state index contributed by atoms with van der Waals surface area (Å²) in [5.74, 6) is 1.27. The Morgan fingerprint density at radius 1 is 1.14 bits per heavy atom. The van der Waals surface area contributed by atoms with Crippen LogP contribution in [0.25, 0.3) is 0 Å². The number of nitrogens with zero attached hydrogens (tertiary/aromatic N) is 1. The van der Waals surface area contributed by atoms with Crippen molar-refractivity contribution in [2.75, 3.05) is 5.73 Å². The Morgan fingerprint density at radius 2 is 1.77 bits per heavy atom. The second kappa shape index (κ2) is 7.31. The van der Waals surface area contributed by atoms with Gasteiger partial charge in [-0.3, -0.25) is 4.99 Å². The highest BCUT2D eigenvalue weighted by molar-refractivity contribution is 5.76. The van der Waals surface area contributed by atoms with E-state index in [0.29, 0.717) is 12.3 Å². The number of rotatable bonds is 5. The van der Waals surface area contributed by atoms with E-state index in [-0.39, 0.29) is 0 Å². The fourth-order valence-corrected chi connectivity index (χ4v) is 2.19. The summed E-state index contributed by atoms with van der Waals surface area (Å²) in [5.41, 5.74) is 15.2. The minimum Gasteiger partial charge on any atom is -0.454 e. The van der Waals surface area contributed by atoms with Crippen LogP contribution in [0.3, 0.4) is 0 Å². The maximum Gasteiger partial charge on any atom is 0.160 e. The molecule has 0 spiro atoms. The molecule has 2 aromatic rings. The third-order valence-electron chi connectivity index (χ3n) is 3.20. The summed E-state index contributed by atoms with van der Waals surface area (Å²) in [4.78, 5) is 4.36. The number of aliphatic imine (C=N–C) groups is 1. The van der Waals surface area contributed by atoms with Crippen molar-refractivity contribution < 1.29 is 4.74 Å². The van der Waals surface area contributed by atoms with Crippen molar-refractivity contribution in [3.63, 3.8) is 0 Å². The van der Waals surface area contributed by atoms with Gasteiger partial charge < -0.3 is 16.2 Å². The molecule has 4 N–H and O–H groups in total. The Bertz CT molecular complexity index is 668. The van der Waals surface area contributed by atoms with Crippen LogP contribution in [0.5, 0.6) is 5.75 Å². The number of benzene rings is 2. The molecule has 0 aromatic heterocycles. The number of aryl methyl sites for hydroxylation is 2. The van der Waals surface area contributed by atoms with E-state index in [4.69, 9.17) is 16.2 Å². The van der Waals surface area contributed by atoms with Gasteiger partial charge in [0.15, 0.2) is 5.76 Å². The molecule has 0 unspecified atom stereocenters. The van der Waals surface area contributed by atoms with Gasteiger partial charge in [-0.25, -0.2) is 0 Å². The van der Waals surface area contributed by atoms with Crippen molar-refractivity contribution in [2.45, 2.75) is 20.4 Å². The number of allylic oxidation sites excluding steroid dienone is 1. The molecular weight excluding hydrogens is 274 g/mol. The minimum atomic E-state index is 0.506. The predicted octanol–water partition coefficient (Wildman–Crippen LogP) is 3.34. The van der Waals surface area contributed by atoms with Gasteiger partial charge in [0.1, 0.15) is 5.75 Å². The van der Waals surface area contributed by atoms with Crippen LogP contribution in [0.1, 0.15) is 16.7 Å². The van der Waals surface area contributed by atoms with Crippen molar-refractivity contribution in [2.24, 2.45) is 10.7 Å². The Hall–Kier alpha value is -2.75. The first kappa shape index (κ1) is 15.6. The standard InChI is InChI=1S/C18H21N3O/c1-13-8-16(20)9-14(2)18(13)22-17(10-19)12-21-11-15-6-4-3-5-7-15/h3-10,12H,11,19-20H2,1-2H3. The summed E-state index contributed by atoms with van der Waals surface area (Å²) in [6.45, 7) is 4.49. The van der Waals surface area contributed by atoms with Crippen molar-refractivity contribution in [3.8, 4) is 5.75 Å². The quantitative estimate of drug-likeness (QED) is 0.505. The van der Waals surface area contributed by atoms with Gasteiger partial charge in [0.2, 0.25) is 0 Å². The van der Waals surface area contributed by atoms with E-state index in [2.05, 4.69) is 4.99 Å². The summed E-state index contributed by atoms with van der Waals surface area (Å²) in [6, 6.07) is 13.8. The molecular formula is C18H21N3O. The van der Waals surface area contributed by atoms with E-state index in [1.807, 2.05) is 56.3 Å². The number of ether oxygens (including phenoxy) is 1. The zero-order valence-corrected chi connectivity index (χ0v) is 12.9. The molecule has 114 valence electrons. The van der Waals surface area contributed by atoms with E-state index in [1.54, 1.807) is 6.21 Å². The van der Waals surface area contributed by atoms with Crippen LogP contribution < -0.4 is 16.2 Å². The molecule has 0 heterocycles. The molecule has 4 heteroatoms. The molecule has 0 aliphatic heterocycles. The topological polar surface area (TPSA) is 73.6 Å². The zero-order chi connectivity index (χ0) is 15.9. The fraction of sp³-hybridized carbons (Fsp3) is 0.167. The Morgan fingerprint density at radius 3 is 2.36 bits per heavy atom. The average Bonchev–Trinajstić information content (AvgIpc) is 2.50. The average molecular weight is 295 g/mol. The normalized spacial score (nSPS) is 11.8. The van der Waals surface area contributed by atoms with E-state index in [0.717, 1.165) is 28.1 Å². The van der Waals surface area contributed by atoms with Crippen molar-refractivity contribution in [1.29, 1.82) is 0 Å². The molecule has 0 radical (unpaired) electrons. The molecule has 22 heavy (non-hydrogen) atoms. The highest BCUT2D eigenvalue weighted by Gasteiger charge is 2.07. The minimum absolute atomic E-state index is 0.506. The van der Waals surface area contributed by atoms with Gasteiger partial charge >= 0.3 is 0 Å². The van der Waals surface area contributed by atoms with Gasteiger partial charge in [0.05, 0.1) is 12.8 Å². The maximum absolute atomic E-state index is 5.85. The van der Waals surface area contributed by atoms with Crippen LogP contribution >= 0.6 is 0 Å². The van der Waals surface area contributed by atoms with Crippen LogP contribution in [-0.2, 0) is 6.54 Å². The Balaban J connectivity index is 2.07. The molecule has 0 amide bonds. The number of anilines is 1. The van der Waals surface area contributed by atoms with Gasteiger partial charge in [-0.2, -0.15) is 0 Å². The first-order valence-corrected chi connectivity index (χ1v) is 7.10. The van der Waals surface area contributed by atoms with E-state index in [9.17, 15) is 0 Å². The molecule has 0 bridgehead atoms. The number of hydrogen-bond donors (Lipinski definition) is 2. The molecule has 2 aromatic carbocycles. The largest absolute Gasteiger partial charge is 0.454 e. The third-order valence-corrected chi connectivity index (χ3v) is 3.20. The number of nitrogen functional groups attached to an aromatic ring is 1. The molecule has 0 atom stereocenters. The number of nitrogens with two attached hydrogens (primary N) is 2. The molecule has 4 nitrogen and oxygen atoms in total. The van der Waals surface area contributed by atoms with E-state index < -0.39 is 0 Å². The first-order valence-electron chi connectivity index (χ1n) is 7.10. The highest BCUT2D eigenvalue weighted by atomic mass is 16.5. The Kier molecular flexibility index (Phi) is 5.20. The summed E-state index contributed by atoms with van der Waals surface area (Å²) in [6.07, 6.45) is 3.05. The zero-order valence-electron chi connectivity index (χ0n) is 12.9. The summed E-state index contributed by atoms with van der Waals surface area (Å²) in [5, 5.41) is 0. The van der Waals surface area contributed by atoms with Gasteiger partial charge in [-0.15, -0.1) is 0 Å². The van der Waals surface area contributed by atoms with Crippen molar-refractivity contribution in [3.05, 3.63) is 71.1 Å². The lowest BCUT2D eigenvalue weighted by Gasteiger charge is -2.12. The predicted molar refractivity (Wildman–Crippen MR) is 91.9 cm³/mol. The van der Waals surface area contributed by atoms with E-state index >= 15 is 0 Å². The lowest BCUT2D eigenvalue weighted by Crippen LogP contribution is -2.04. The second-order valence-corrected chi connectivity index (χ2v) is 5.11. The fourth-order valence-electron chi connectivity index (χ4n) is 2.19. The van der Waals surface area contributed by atoms with Crippen LogP contribution in [0, 0.1) is 13.8 Å². The van der Waals surface area contributed by atoms with Gasteiger partial charge in [0.25, 0.3) is 0 Å². The lowest BCUT2D eigenvalue weighted by molar-refractivity contribution is 0.448. The molecule has 0 aliphatic carbocycles. The number of hydrogen-bond acceptors (Lipinski definition) is 4. The van der Waals surface area contributed by atoms with Crippen LogP contribution in [0.15, 0.2) is 59.4 Å². The molecule has 2 rings (SSSR count). The van der Waals surface area contributed by atoms with Crippen LogP contribution in [0.4, 0.5) is 5.69 Å². The molecule has 0 saturated carbocycles. The first-order chi connectivity index (χ1) is 10.6. The van der Waals surface area contributed by atoms with Crippen molar-refractivity contribution in [1.82, 2.24) is 0 Å². The van der Waals surface area contributed by atoms with E-state index in [1.165, 1.54) is 6.20 Å². The molecule has 0 fully saturated rings. The van der Waals surface area contributed by atoms with Gasteiger partial charge in [-0.1, -0.05) is 30.3 Å². The molecule has 0 aliphatic rings. The van der Waals surface area contributed by atoms with Crippen LogP contribution in [-0.4, -0.2) is 6.21 Å². The third kappa shape index (κ3) is 4.12. The van der Waals surface area contributed by atoms with Gasteiger partial charge in [-0.05, 0) is 42.7 Å². The highest BCUT2D eigenvalue weighted by Crippen LogP contribution is 2.27. The maximum atomic E-state index is 5.85. The second-order valence-electron chi connectivity index (χ2n) is 5.11. The van der Waals surface area contributed by atoms with Gasteiger partial charge in [0, 0.05) is 11.9 Å². The summed E-state index contributed by atoms with van der Waals surface area (Å²) in [7, 11) is 0. The van der Waals surface area contributed by atoms with Crippen molar-refractivity contribution >= 4 is 11.9 Å². The smallest absolute Gasteiger partial charge is 0.160 e. The Labute approximate surface area is 131 Å². The summed E-state index contributed by atoms with van der Waals surface area (Å²) < 4.78 is 5.85. The summed E-state index contributed by atoms with van der Waals surface area (Å²) >= 11 is 0. The molecule has 0 saturated heterocycles. The monoisotopic (exact) mass is 295 g/mol. The van der Waals surface area contributed by atoms with Crippen LogP contribution in [0.2, 0.25) is 0 Å². The SMILES string of the molecule is Cc1cc(N)cc(C)c1OC(C=NCc1ccccc1)=CN. The lowest BCUT2D eigenvalue weighted by atomic mass is 10.1.